The number of likely N-dealkylation sites (N-methyl/N-ethyl adjacent to an activating group) is 1. The van der Waals surface area contributed by atoms with Gasteiger partial charge in [0.1, 0.15) is 0 Å². The summed E-state index contributed by atoms with van der Waals surface area (Å²) >= 11 is 0. The minimum absolute atomic E-state index is 0.0775. The van der Waals surface area contributed by atoms with Gasteiger partial charge in [0.2, 0.25) is 0 Å². The Kier molecular flexibility index (Phi) is 6.56. The first-order chi connectivity index (χ1) is 9.50. The van der Waals surface area contributed by atoms with Gasteiger partial charge in [-0.1, -0.05) is 30.3 Å². The third-order valence-corrected chi connectivity index (χ3v) is 3.12. The van der Waals surface area contributed by atoms with Crippen LogP contribution in [0.2, 0.25) is 0 Å². The molecular weight excluding hydrogens is 256 g/mol. The van der Waals surface area contributed by atoms with Crippen molar-refractivity contribution in [3.63, 3.8) is 0 Å². The SMILES string of the molecule is CN(CCCC(=O)O)C(=O)N(C)CCc1ccccc1. The topological polar surface area (TPSA) is 60.9 Å². The summed E-state index contributed by atoms with van der Waals surface area (Å²) in [7, 11) is 3.46. The predicted octanol–water partition coefficient (Wildman–Crippen LogP) is 2.08. The highest BCUT2D eigenvalue weighted by molar-refractivity contribution is 5.74. The van der Waals surface area contributed by atoms with Crippen LogP contribution >= 0.6 is 0 Å². The number of carbonyl (C=O) groups excluding carboxylic acids is 1. The summed E-state index contributed by atoms with van der Waals surface area (Å²) in [5, 5.41) is 8.57. The summed E-state index contributed by atoms with van der Waals surface area (Å²) < 4.78 is 0. The lowest BCUT2D eigenvalue weighted by Crippen LogP contribution is -2.40. The van der Waals surface area contributed by atoms with Crippen LogP contribution in [0.5, 0.6) is 0 Å². The van der Waals surface area contributed by atoms with E-state index in [0.29, 0.717) is 19.5 Å². The summed E-state index contributed by atoms with van der Waals surface area (Å²) in [5.74, 6) is -0.830. The molecule has 20 heavy (non-hydrogen) atoms. The van der Waals surface area contributed by atoms with Crippen molar-refractivity contribution in [1.29, 1.82) is 0 Å². The molecule has 0 aromatic heterocycles. The number of nitrogens with zero attached hydrogens (tertiary/aromatic N) is 2. The Hall–Kier alpha value is -2.04. The number of hydrogen-bond acceptors (Lipinski definition) is 2. The van der Waals surface area contributed by atoms with E-state index in [1.54, 1.807) is 23.9 Å². The van der Waals surface area contributed by atoms with E-state index in [-0.39, 0.29) is 12.5 Å². The third-order valence-electron chi connectivity index (χ3n) is 3.12. The van der Waals surface area contributed by atoms with E-state index in [0.717, 1.165) is 6.42 Å². The van der Waals surface area contributed by atoms with Gasteiger partial charge in [0.25, 0.3) is 0 Å². The molecule has 0 bridgehead atoms. The fraction of sp³-hybridized carbons (Fsp3) is 0.467. The van der Waals surface area contributed by atoms with Crippen molar-refractivity contribution in [3.8, 4) is 0 Å². The molecule has 0 unspecified atom stereocenters. The molecule has 0 fully saturated rings. The molecule has 1 aromatic rings. The Bertz CT molecular complexity index is 434. The molecule has 0 aliphatic rings. The molecule has 0 aliphatic heterocycles. The van der Waals surface area contributed by atoms with Crippen LogP contribution in [0.4, 0.5) is 4.79 Å². The molecule has 5 heteroatoms. The Morgan fingerprint density at radius 3 is 2.25 bits per heavy atom. The van der Waals surface area contributed by atoms with E-state index in [1.807, 2.05) is 30.3 Å². The number of rotatable bonds is 7. The molecule has 2 amide bonds. The molecule has 1 aromatic carbocycles. The second kappa shape index (κ2) is 8.19. The molecular formula is C15H22N2O3. The van der Waals surface area contributed by atoms with Crippen LogP contribution in [-0.2, 0) is 11.2 Å². The summed E-state index contributed by atoms with van der Waals surface area (Å²) in [6.07, 6.45) is 1.38. The maximum atomic E-state index is 12.0. The van der Waals surface area contributed by atoms with Crippen LogP contribution in [0, 0.1) is 0 Å². The average molecular weight is 278 g/mol. The second-order valence-electron chi connectivity index (χ2n) is 4.86. The molecule has 1 rings (SSSR count). The second-order valence-corrected chi connectivity index (χ2v) is 4.86. The quantitative estimate of drug-likeness (QED) is 0.830. The highest BCUT2D eigenvalue weighted by Crippen LogP contribution is 2.03. The number of benzene rings is 1. The monoisotopic (exact) mass is 278 g/mol. The Labute approximate surface area is 119 Å². The zero-order chi connectivity index (χ0) is 15.0. The molecule has 110 valence electrons. The molecule has 1 N–H and O–H groups in total. The van der Waals surface area contributed by atoms with E-state index in [2.05, 4.69) is 0 Å². The summed E-state index contributed by atoms with van der Waals surface area (Å²) in [4.78, 5) is 25.7. The molecule has 0 spiro atoms. The first-order valence-electron chi connectivity index (χ1n) is 6.72. The van der Waals surface area contributed by atoms with E-state index in [1.165, 1.54) is 5.56 Å². The lowest BCUT2D eigenvalue weighted by atomic mass is 10.1. The van der Waals surface area contributed by atoms with Crippen LogP contribution < -0.4 is 0 Å². The highest BCUT2D eigenvalue weighted by atomic mass is 16.4. The number of carboxylic acids is 1. The fourth-order valence-corrected chi connectivity index (χ4v) is 1.89. The van der Waals surface area contributed by atoms with Gasteiger partial charge in [-0.3, -0.25) is 4.79 Å². The van der Waals surface area contributed by atoms with Gasteiger partial charge in [-0.2, -0.15) is 0 Å². The van der Waals surface area contributed by atoms with Crippen molar-refractivity contribution >= 4 is 12.0 Å². The highest BCUT2D eigenvalue weighted by Gasteiger charge is 2.13. The van der Waals surface area contributed by atoms with Crippen molar-refractivity contribution in [2.45, 2.75) is 19.3 Å². The molecule has 0 radical (unpaired) electrons. The van der Waals surface area contributed by atoms with Gasteiger partial charge in [0.15, 0.2) is 0 Å². The van der Waals surface area contributed by atoms with Gasteiger partial charge in [-0.15, -0.1) is 0 Å². The van der Waals surface area contributed by atoms with Crippen LogP contribution in [0.3, 0.4) is 0 Å². The number of aliphatic carboxylic acids is 1. The first-order valence-corrected chi connectivity index (χ1v) is 6.72. The van der Waals surface area contributed by atoms with Gasteiger partial charge < -0.3 is 14.9 Å². The maximum absolute atomic E-state index is 12.0. The van der Waals surface area contributed by atoms with Gasteiger partial charge in [0, 0.05) is 33.6 Å². The lowest BCUT2D eigenvalue weighted by Gasteiger charge is -2.24. The van der Waals surface area contributed by atoms with Crippen molar-refractivity contribution in [2.75, 3.05) is 27.2 Å². The average Bonchev–Trinajstić information content (AvgIpc) is 2.44. The molecule has 0 saturated heterocycles. The molecule has 0 atom stereocenters. The third kappa shape index (κ3) is 5.73. The fourth-order valence-electron chi connectivity index (χ4n) is 1.89. The van der Waals surface area contributed by atoms with Crippen molar-refractivity contribution in [3.05, 3.63) is 35.9 Å². The van der Waals surface area contributed by atoms with Crippen LogP contribution in [0.1, 0.15) is 18.4 Å². The smallest absolute Gasteiger partial charge is 0.319 e. The molecule has 0 saturated carbocycles. The Morgan fingerprint density at radius 1 is 1.05 bits per heavy atom. The summed E-state index contributed by atoms with van der Waals surface area (Å²) in [6.45, 7) is 1.10. The largest absolute Gasteiger partial charge is 0.481 e. The molecule has 5 nitrogen and oxygen atoms in total. The van der Waals surface area contributed by atoms with E-state index < -0.39 is 5.97 Å². The zero-order valence-electron chi connectivity index (χ0n) is 12.1. The van der Waals surface area contributed by atoms with Crippen LogP contribution in [0.15, 0.2) is 30.3 Å². The van der Waals surface area contributed by atoms with E-state index >= 15 is 0 Å². The van der Waals surface area contributed by atoms with Crippen molar-refractivity contribution in [1.82, 2.24) is 9.80 Å². The minimum atomic E-state index is -0.830. The van der Waals surface area contributed by atoms with Crippen LogP contribution in [-0.4, -0.2) is 54.1 Å². The zero-order valence-corrected chi connectivity index (χ0v) is 12.1. The minimum Gasteiger partial charge on any atom is -0.481 e. The number of urea groups is 1. The summed E-state index contributed by atoms with van der Waals surface area (Å²) in [6, 6.07) is 9.93. The lowest BCUT2D eigenvalue weighted by molar-refractivity contribution is -0.137. The Balaban J connectivity index is 2.32. The normalized spacial score (nSPS) is 10.1. The predicted molar refractivity (Wildman–Crippen MR) is 77.7 cm³/mol. The van der Waals surface area contributed by atoms with Gasteiger partial charge in [-0.05, 0) is 18.4 Å². The maximum Gasteiger partial charge on any atom is 0.319 e. The van der Waals surface area contributed by atoms with Gasteiger partial charge in [0.05, 0.1) is 0 Å². The van der Waals surface area contributed by atoms with Gasteiger partial charge in [-0.25, -0.2) is 4.79 Å². The summed E-state index contributed by atoms with van der Waals surface area (Å²) in [5.41, 5.74) is 1.20. The standard InChI is InChI=1S/C15H22N2O3/c1-16(11-6-9-14(18)19)15(20)17(2)12-10-13-7-4-3-5-8-13/h3-5,7-8H,6,9-12H2,1-2H3,(H,18,19). The number of amides is 2. The van der Waals surface area contributed by atoms with E-state index in [9.17, 15) is 9.59 Å². The van der Waals surface area contributed by atoms with E-state index in [4.69, 9.17) is 5.11 Å². The van der Waals surface area contributed by atoms with Crippen LogP contribution in [0.25, 0.3) is 0 Å². The van der Waals surface area contributed by atoms with Crippen molar-refractivity contribution in [2.24, 2.45) is 0 Å². The van der Waals surface area contributed by atoms with Crippen molar-refractivity contribution < 1.29 is 14.7 Å². The number of carboxylic acid groups (broad SMARTS) is 1. The number of hydrogen-bond donors (Lipinski definition) is 1. The number of carbonyl (C=O) groups is 2. The molecule has 0 aliphatic carbocycles. The molecule has 0 heterocycles. The first kappa shape index (κ1) is 16.0. The van der Waals surface area contributed by atoms with Gasteiger partial charge >= 0.3 is 12.0 Å². The Morgan fingerprint density at radius 2 is 1.65 bits per heavy atom.